The molecule has 29 heavy (non-hydrogen) atoms. The van der Waals surface area contributed by atoms with Gasteiger partial charge < -0.3 is 14.7 Å². The van der Waals surface area contributed by atoms with Crippen LogP contribution >= 0.6 is 23.4 Å². The van der Waals surface area contributed by atoms with E-state index in [1.165, 1.54) is 11.1 Å². The Hall–Kier alpha value is -1.69. The Bertz CT molecular complexity index is 879. The van der Waals surface area contributed by atoms with Crippen LogP contribution in [0.2, 0.25) is 5.02 Å². The predicted molar refractivity (Wildman–Crippen MR) is 119 cm³/mol. The number of thioether (sulfide) groups is 1. The van der Waals surface area contributed by atoms with Gasteiger partial charge in [-0.3, -0.25) is 0 Å². The Morgan fingerprint density at radius 2 is 1.83 bits per heavy atom. The third-order valence-corrected chi connectivity index (χ3v) is 6.54. The summed E-state index contributed by atoms with van der Waals surface area (Å²) in [5.41, 5.74) is 4.00. The van der Waals surface area contributed by atoms with Gasteiger partial charge in [0.15, 0.2) is 0 Å². The van der Waals surface area contributed by atoms with E-state index in [0.717, 1.165) is 39.6 Å². The molecule has 1 heterocycles. The average molecular weight is 434 g/mol. The third kappa shape index (κ3) is 5.68. The van der Waals surface area contributed by atoms with Crippen molar-refractivity contribution in [3.05, 3.63) is 63.7 Å². The van der Waals surface area contributed by atoms with Crippen LogP contribution in [-0.4, -0.2) is 34.8 Å². The molecule has 156 valence electrons. The van der Waals surface area contributed by atoms with E-state index in [-0.39, 0.29) is 12.7 Å². The lowest BCUT2D eigenvalue weighted by Crippen LogP contribution is -2.38. The van der Waals surface area contributed by atoms with Crippen LogP contribution in [0.1, 0.15) is 43.0 Å². The molecule has 1 N–H and O–H groups in total. The number of fused-ring (bicyclic) bond motifs is 1. The molecule has 1 amide bonds. The minimum Gasteiger partial charge on any atom is -0.444 e. The van der Waals surface area contributed by atoms with Crippen molar-refractivity contribution in [2.24, 2.45) is 0 Å². The van der Waals surface area contributed by atoms with Crippen LogP contribution in [0.5, 0.6) is 0 Å². The van der Waals surface area contributed by atoms with Crippen LogP contribution in [0.4, 0.5) is 4.79 Å². The summed E-state index contributed by atoms with van der Waals surface area (Å²) in [6.45, 7) is 6.94. The lowest BCUT2D eigenvalue weighted by molar-refractivity contribution is 0.0258. The maximum absolute atomic E-state index is 12.5. The fourth-order valence-electron chi connectivity index (χ4n) is 3.43. The van der Waals surface area contributed by atoms with Crippen molar-refractivity contribution >= 4 is 29.5 Å². The van der Waals surface area contributed by atoms with Crippen LogP contribution in [0.25, 0.3) is 0 Å². The molecule has 0 fully saturated rings. The van der Waals surface area contributed by atoms with Gasteiger partial charge in [0.25, 0.3) is 0 Å². The average Bonchev–Trinajstić information content (AvgIpc) is 2.89. The van der Waals surface area contributed by atoms with Crippen molar-refractivity contribution < 1.29 is 14.6 Å². The first-order chi connectivity index (χ1) is 13.8. The van der Waals surface area contributed by atoms with Gasteiger partial charge >= 0.3 is 6.09 Å². The van der Waals surface area contributed by atoms with Crippen LogP contribution in [-0.2, 0) is 29.9 Å². The van der Waals surface area contributed by atoms with Crippen molar-refractivity contribution in [3.8, 4) is 0 Å². The zero-order valence-corrected chi connectivity index (χ0v) is 18.8. The topological polar surface area (TPSA) is 49.8 Å². The van der Waals surface area contributed by atoms with Gasteiger partial charge in [-0.2, -0.15) is 0 Å². The van der Waals surface area contributed by atoms with E-state index in [4.69, 9.17) is 16.3 Å². The highest BCUT2D eigenvalue weighted by Crippen LogP contribution is 2.37. The largest absolute Gasteiger partial charge is 0.444 e. The number of aliphatic hydroxyl groups excluding tert-OH is 1. The number of nitrogens with zero attached hydrogens (tertiary/aromatic N) is 1. The Morgan fingerprint density at radius 1 is 1.14 bits per heavy atom. The monoisotopic (exact) mass is 433 g/mol. The molecule has 3 rings (SSSR count). The number of rotatable bonds is 4. The summed E-state index contributed by atoms with van der Waals surface area (Å²) in [4.78, 5) is 15.4. The maximum atomic E-state index is 12.5. The quantitative estimate of drug-likeness (QED) is 0.650. The van der Waals surface area contributed by atoms with Crippen LogP contribution in [0.15, 0.2) is 41.3 Å². The molecule has 0 aromatic heterocycles. The standard InChI is InChI=1S/C23H28ClNO3S/c1-23(2,3)28-22(27)25-12-10-16-8-9-20(24)21(19(16)11-13-25)29-15-18-7-5-4-6-17(18)14-26/h4-9,26H,10-15H2,1-3H3. The van der Waals surface area contributed by atoms with Crippen molar-refractivity contribution in [2.45, 2.75) is 56.5 Å². The number of benzene rings is 2. The predicted octanol–water partition coefficient (Wildman–Crippen LogP) is 5.46. The van der Waals surface area contributed by atoms with Crippen molar-refractivity contribution in [1.82, 2.24) is 4.90 Å². The molecule has 0 atom stereocenters. The van der Waals surface area contributed by atoms with Gasteiger partial charge in [0.1, 0.15) is 5.60 Å². The normalized spacial score (nSPS) is 14.3. The van der Waals surface area contributed by atoms with E-state index in [9.17, 15) is 9.90 Å². The number of hydrogen-bond donors (Lipinski definition) is 1. The van der Waals surface area contributed by atoms with E-state index >= 15 is 0 Å². The minimum atomic E-state index is -0.499. The fraction of sp³-hybridized carbons (Fsp3) is 0.435. The second-order valence-electron chi connectivity index (χ2n) is 8.20. The Labute approximate surface area is 182 Å². The lowest BCUT2D eigenvalue weighted by Gasteiger charge is -2.26. The van der Waals surface area contributed by atoms with Gasteiger partial charge in [-0.25, -0.2) is 4.79 Å². The lowest BCUT2D eigenvalue weighted by atomic mass is 10.0. The number of halogens is 1. The maximum Gasteiger partial charge on any atom is 0.410 e. The van der Waals surface area contributed by atoms with Crippen LogP contribution in [0.3, 0.4) is 0 Å². The highest BCUT2D eigenvalue weighted by atomic mass is 35.5. The van der Waals surface area contributed by atoms with E-state index in [1.54, 1.807) is 16.7 Å². The number of amides is 1. The van der Waals surface area contributed by atoms with Gasteiger partial charge in [0.2, 0.25) is 0 Å². The molecule has 2 aromatic rings. The molecule has 4 nitrogen and oxygen atoms in total. The molecule has 0 saturated heterocycles. The second-order valence-corrected chi connectivity index (χ2v) is 9.59. The summed E-state index contributed by atoms with van der Waals surface area (Å²) < 4.78 is 5.55. The molecular formula is C23H28ClNO3S. The molecule has 0 spiro atoms. The third-order valence-electron chi connectivity index (χ3n) is 4.90. The van der Waals surface area contributed by atoms with E-state index < -0.39 is 5.60 Å². The Kier molecular flexibility index (Phi) is 7.14. The van der Waals surface area contributed by atoms with Crippen LogP contribution < -0.4 is 0 Å². The fourth-order valence-corrected chi connectivity index (χ4v) is 4.97. The summed E-state index contributed by atoms with van der Waals surface area (Å²) in [5, 5.41) is 10.3. The first-order valence-electron chi connectivity index (χ1n) is 9.87. The Morgan fingerprint density at radius 3 is 2.52 bits per heavy atom. The molecule has 6 heteroatoms. The smallest absolute Gasteiger partial charge is 0.410 e. The van der Waals surface area contributed by atoms with Gasteiger partial charge in [0.05, 0.1) is 11.6 Å². The SMILES string of the molecule is CC(C)(C)OC(=O)N1CCc2ccc(Cl)c(SCc3ccccc3CO)c2CC1. The minimum absolute atomic E-state index is 0.0300. The first kappa shape index (κ1) is 22.0. The zero-order valence-electron chi connectivity index (χ0n) is 17.2. The number of ether oxygens (including phenoxy) is 1. The van der Waals surface area contributed by atoms with E-state index in [0.29, 0.717) is 13.1 Å². The second kappa shape index (κ2) is 9.41. The highest BCUT2D eigenvalue weighted by Gasteiger charge is 2.25. The summed E-state index contributed by atoms with van der Waals surface area (Å²) in [5.74, 6) is 0.739. The van der Waals surface area contributed by atoms with E-state index in [2.05, 4.69) is 6.07 Å². The van der Waals surface area contributed by atoms with Crippen molar-refractivity contribution in [3.63, 3.8) is 0 Å². The molecule has 0 aliphatic carbocycles. The first-order valence-corrected chi connectivity index (χ1v) is 11.2. The molecule has 2 aromatic carbocycles. The molecule has 0 bridgehead atoms. The van der Waals surface area contributed by atoms with Gasteiger partial charge in [-0.05, 0) is 61.9 Å². The summed E-state index contributed by atoms with van der Waals surface area (Å²) in [6, 6.07) is 11.9. The number of hydrogen-bond acceptors (Lipinski definition) is 4. The van der Waals surface area contributed by atoms with Crippen molar-refractivity contribution in [2.75, 3.05) is 13.1 Å². The number of carbonyl (C=O) groups is 1. The molecular weight excluding hydrogens is 406 g/mol. The zero-order chi connectivity index (χ0) is 21.0. The molecule has 0 unspecified atom stereocenters. The molecule has 0 radical (unpaired) electrons. The summed E-state index contributed by atoms with van der Waals surface area (Å²) in [6.07, 6.45) is 1.27. The van der Waals surface area contributed by atoms with Gasteiger partial charge in [-0.15, -0.1) is 11.8 Å². The summed E-state index contributed by atoms with van der Waals surface area (Å²) in [7, 11) is 0. The summed E-state index contributed by atoms with van der Waals surface area (Å²) >= 11 is 8.26. The van der Waals surface area contributed by atoms with Crippen molar-refractivity contribution in [1.29, 1.82) is 0 Å². The Balaban J connectivity index is 1.77. The van der Waals surface area contributed by atoms with E-state index in [1.807, 2.05) is 51.1 Å². The highest BCUT2D eigenvalue weighted by molar-refractivity contribution is 7.98. The molecule has 0 saturated carbocycles. The molecule has 1 aliphatic rings. The van der Waals surface area contributed by atoms with Gasteiger partial charge in [-0.1, -0.05) is 41.9 Å². The number of carbonyl (C=O) groups excluding carboxylic acids is 1. The number of aliphatic hydroxyl groups is 1. The van der Waals surface area contributed by atoms with Crippen LogP contribution in [0, 0.1) is 0 Å². The molecule has 1 aliphatic heterocycles. The van der Waals surface area contributed by atoms with Gasteiger partial charge in [0, 0.05) is 23.7 Å².